The number of thioether (sulfide) groups is 1. The van der Waals surface area contributed by atoms with Gasteiger partial charge in [-0.3, -0.25) is 4.40 Å². The molecule has 0 amide bonds. The molecular formula is C17H17N5S. The largest absolute Gasteiger partial charge is 0.274 e. The number of aryl methyl sites for hydroxylation is 2. The number of hydrogen-bond acceptors (Lipinski definition) is 4. The Hall–Kier alpha value is -2.34. The molecule has 6 heteroatoms. The lowest BCUT2D eigenvalue weighted by Gasteiger charge is -2.01. The second kappa shape index (κ2) is 5.38. The Balaban J connectivity index is 1.90. The summed E-state index contributed by atoms with van der Waals surface area (Å²) in [5.41, 5.74) is 6.45. The highest BCUT2D eigenvalue weighted by Gasteiger charge is 2.12. The molecule has 0 radical (unpaired) electrons. The lowest BCUT2D eigenvalue weighted by Crippen LogP contribution is -1.93. The molecule has 0 atom stereocenters. The van der Waals surface area contributed by atoms with Gasteiger partial charge in [0, 0.05) is 18.0 Å². The van der Waals surface area contributed by atoms with Crippen LogP contribution in [0.25, 0.3) is 22.4 Å². The zero-order valence-electron chi connectivity index (χ0n) is 13.3. The number of hydrogen-bond donors (Lipinski definition) is 0. The molecule has 0 N–H and O–H groups in total. The molecular weight excluding hydrogens is 306 g/mol. The molecule has 0 aliphatic carbocycles. The first-order valence-corrected chi connectivity index (χ1v) is 8.59. The standard InChI is InChI=1S/C17H17N5S/c1-4-23-17-19-18-16-15-10-14(20-22(15)8-7-21(16)17)13-6-5-11(2)12(3)9-13/h5-10H,4H2,1-3H3. The average molecular weight is 323 g/mol. The Morgan fingerprint density at radius 1 is 1.04 bits per heavy atom. The molecule has 0 aliphatic rings. The second-order valence-electron chi connectivity index (χ2n) is 5.57. The Kier molecular flexibility index (Phi) is 3.34. The number of aromatic nitrogens is 5. The summed E-state index contributed by atoms with van der Waals surface area (Å²) in [6.07, 6.45) is 3.92. The van der Waals surface area contributed by atoms with Crippen molar-refractivity contribution in [2.45, 2.75) is 25.9 Å². The van der Waals surface area contributed by atoms with Crippen LogP contribution in [-0.2, 0) is 0 Å². The van der Waals surface area contributed by atoms with E-state index in [-0.39, 0.29) is 0 Å². The summed E-state index contributed by atoms with van der Waals surface area (Å²) in [7, 11) is 0. The van der Waals surface area contributed by atoms with E-state index in [1.165, 1.54) is 11.1 Å². The van der Waals surface area contributed by atoms with Crippen molar-refractivity contribution in [3.05, 3.63) is 47.8 Å². The number of fused-ring (bicyclic) bond motifs is 3. The van der Waals surface area contributed by atoms with Crippen LogP contribution < -0.4 is 0 Å². The minimum Gasteiger partial charge on any atom is -0.274 e. The van der Waals surface area contributed by atoms with E-state index in [0.29, 0.717) is 0 Å². The third-order valence-electron chi connectivity index (χ3n) is 4.06. The van der Waals surface area contributed by atoms with Crippen molar-refractivity contribution in [3.8, 4) is 11.3 Å². The Bertz CT molecular complexity index is 1010. The van der Waals surface area contributed by atoms with Gasteiger partial charge in [-0.2, -0.15) is 5.10 Å². The lowest BCUT2D eigenvalue weighted by molar-refractivity contribution is 0.896. The van der Waals surface area contributed by atoms with E-state index in [0.717, 1.165) is 33.3 Å². The molecule has 0 fully saturated rings. The summed E-state index contributed by atoms with van der Waals surface area (Å²) in [6.45, 7) is 6.36. The van der Waals surface area contributed by atoms with Gasteiger partial charge in [0.05, 0.1) is 5.69 Å². The highest BCUT2D eigenvalue weighted by atomic mass is 32.2. The van der Waals surface area contributed by atoms with Crippen molar-refractivity contribution in [3.63, 3.8) is 0 Å². The minimum atomic E-state index is 0.839. The molecule has 23 heavy (non-hydrogen) atoms. The van der Waals surface area contributed by atoms with Crippen LogP contribution in [0.3, 0.4) is 0 Å². The van der Waals surface area contributed by atoms with Crippen LogP contribution in [0, 0.1) is 13.8 Å². The maximum absolute atomic E-state index is 4.69. The van der Waals surface area contributed by atoms with Gasteiger partial charge in [-0.05, 0) is 42.9 Å². The smallest absolute Gasteiger partial charge is 0.195 e. The first-order chi connectivity index (χ1) is 11.2. The Morgan fingerprint density at radius 2 is 1.91 bits per heavy atom. The molecule has 5 nitrogen and oxygen atoms in total. The minimum absolute atomic E-state index is 0.839. The van der Waals surface area contributed by atoms with Crippen molar-refractivity contribution in [1.29, 1.82) is 0 Å². The van der Waals surface area contributed by atoms with Crippen LogP contribution >= 0.6 is 11.8 Å². The van der Waals surface area contributed by atoms with Crippen LogP contribution in [0.15, 0.2) is 41.8 Å². The van der Waals surface area contributed by atoms with Gasteiger partial charge < -0.3 is 0 Å². The lowest BCUT2D eigenvalue weighted by atomic mass is 10.0. The summed E-state index contributed by atoms with van der Waals surface area (Å²) in [6, 6.07) is 8.51. The number of benzene rings is 1. The molecule has 1 aromatic carbocycles. The van der Waals surface area contributed by atoms with Crippen molar-refractivity contribution in [2.75, 3.05) is 5.75 Å². The van der Waals surface area contributed by atoms with Gasteiger partial charge in [-0.15, -0.1) is 10.2 Å². The van der Waals surface area contributed by atoms with Crippen LogP contribution in [0.2, 0.25) is 0 Å². The van der Waals surface area contributed by atoms with Gasteiger partial charge in [-0.25, -0.2) is 4.52 Å². The summed E-state index contributed by atoms with van der Waals surface area (Å²) in [5.74, 6) is 0.971. The third-order valence-corrected chi connectivity index (χ3v) is 4.89. The van der Waals surface area contributed by atoms with E-state index < -0.39 is 0 Å². The summed E-state index contributed by atoms with van der Waals surface area (Å²) in [5, 5.41) is 14.2. The van der Waals surface area contributed by atoms with Crippen molar-refractivity contribution in [2.24, 2.45) is 0 Å². The van der Waals surface area contributed by atoms with Crippen molar-refractivity contribution >= 4 is 22.9 Å². The SMILES string of the molecule is CCSc1nnc2c3cc(-c4ccc(C)c(C)c4)nn3ccn12. The molecule has 4 rings (SSSR count). The van der Waals surface area contributed by atoms with E-state index in [2.05, 4.69) is 60.3 Å². The summed E-state index contributed by atoms with van der Waals surface area (Å²) in [4.78, 5) is 0. The number of nitrogens with zero attached hydrogens (tertiary/aromatic N) is 5. The zero-order chi connectivity index (χ0) is 16.0. The van der Waals surface area contributed by atoms with Gasteiger partial charge >= 0.3 is 0 Å². The van der Waals surface area contributed by atoms with Crippen LogP contribution in [-0.4, -0.2) is 30.0 Å². The topological polar surface area (TPSA) is 47.5 Å². The fourth-order valence-electron chi connectivity index (χ4n) is 2.66. The first-order valence-electron chi connectivity index (χ1n) is 7.61. The third kappa shape index (κ3) is 2.30. The van der Waals surface area contributed by atoms with Gasteiger partial charge in [0.25, 0.3) is 0 Å². The quantitative estimate of drug-likeness (QED) is 0.538. The first kappa shape index (κ1) is 14.3. The molecule has 0 saturated carbocycles. The molecule has 116 valence electrons. The number of rotatable bonds is 3. The molecule has 0 saturated heterocycles. The molecule has 3 heterocycles. The predicted molar refractivity (Wildman–Crippen MR) is 93.0 cm³/mol. The van der Waals surface area contributed by atoms with E-state index in [9.17, 15) is 0 Å². The van der Waals surface area contributed by atoms with E-state index >= 15 is 0 Å². The molecule has 0 spiro atoms. The normalized spacial score (nSPS) is 11.6. The molecule has 3 aromatic heterocycles. The Labute approximate surface area is 138 Å². The van der Waals surface area contributed by atoms with Crippen LogP contribution in [0.1, 0.15) is 18.1 Å². The summed E-state index contributed by atoms with van der Waals surface area (Å²) < 4.78 is 3.89. The molecule has 0 aliphatic heterocycles. The maximum atomic E-state index is 4.69. The molecule has 4 aromatic rings. The zero-order valence-corrected chi connectivity index (χ0v) is 14.1. The predicted octanol–water partition coefficient (Wildman–Crippen LogP) is 3.77. The summed E-state index contributed by atoms with van der Waals surface area (Å²) >= 11 is 1.69. The van der Waals surface area contributed by atoms with E-state index in [4.69, 9.17) is 0 Å². The van der Waals surface area contributed by atoms with Crippen molar-refractivity contribution < 1.29 is 0 Å². The highest BCUT2D eigenvalue weighted by Crippen LogP contribution is 2.25. The van der Waals surface area contributed by atoms with Gasteiger partial charge in [0.1, 0.15) is 5.52 Å². The molecule has 0 bridgehead atoms. The van der Waals surface area contributed by atoms with E-state index in [1.807, 2.05) is 21.3 Å². The molecule has 0 unspecified atom stereocenters. The van der Waals surface area contributed by atoms with Crippen LogP contribution in [0.5, 0.6) is 0 Å². The van der Waals surface area contributed by atoms with Crippen molar-refractivity contribution in [1.82, 2.24) is 24.2 Å². The van der Waals surface area contributed by atoms with Gasteiger partial charge in [0.15, 0.2) is 10.8 Å². The Morgan fingerprint density at radius 3 is 2.70 bits per heavy atom. The van der Waals surface area contributed by atoms with Crippen LogP contribution in [0.4, 0.5) is 0 Å². The fourth-order valence-corrected chi connectivity index (χ4v) is 3.30. The van der Waals surface area contributed by atoms with Gasteiger partial charge in [0.2, 0.25) is 0 Å². The monoisotopic (exact) mass is 323 g/mol. The van der Waals surface area contributed by atoms with Gasteiger partial charge in [-0.1, -0.05) is 30.8 Å². The highest BCUT2D eigenvalue weighted by molar-refractivity contribution is 7.99. The maximum Gasteiger partial charge on any atom is 0.195 e. The second-order valence-corrected chi connectivity index (χ2v) is 6.80. The average Bonchev–Trinajstić information content (AvgIpc) is 3.14. The fraction of sp³-hybridized carbons (Fsp3) is 0.235. The van der Waals surface area contributed by atoms with E-state index in [1.54, 1.807) is 11.8 Å².